The van der Waals surface area contributed by atoms with E-state index in [1.54, 1.807) is 36.4 Å². The van der Waals surface area contributed by atoms with E-state index < -0.39 is 0 Å². The average molecular weight is 370 g/mol. The summed E-state index contributed by atoms with van der Waals surface area (Å²) in [6.45, 7) is 0. The third-order valence-corrected chi connectivity index (χ3v) is 5.76. The smallest absolute Gasteiger partial charge is 0.265 e. The second kappa shape index (κ2) is 6.69. The Kier molecular flexibility index (Phi) is 4.24. The zero-order valence-electron chi connectivity index (χ0n) is 13.5. The third kappa shape index (κ3) is 3.03. The number of methoxy groups -OCH3 is 1. The number of rotatable bonds is 5. The molecule has 3 heterocycles. The van der Waals surface area contributed by atoms with Crippen LogP contribution < -0.4 is 10.2 Å². The van der Waals surface area contributed by atoms with Crippen LogP contribution in [0, 0.1) is 0 Å². The van der Waals surface area contributed by atoms with Crippen LogP contribution in [0.15, 0.2) is 39.6 Å². The van der Waals surface area contributed by atoms with Crippen molar-refractivity contribution < 1.29 is 4.74 Å². The van der Waals surface area contributed by atoms with Gasteiger partial charge in [-0.3, -0.25) is 0 Å². The van der Waals surface area contributed by atoms with Gasteiger partial charge in [-0.25, -0.2) is 5.43 Å². The Morgan fingerprint density at radius 3 is 3.04 bits per heavy atom. The lowest BCUT2D eigenvalue weighted by Crippen LogP contribution is -1.99. The molecule has 7 nitrogen and oxygen atoms in total. The van der Waals surface area contributed by atoms with E-state index in [4.69, 9.17) is 4.74 Å². The van der Waals surface area contributed by atoms with E-state index in [0.29, 0.717) is 11.6 Å². The average Bonchev–Trinajstić information content (AvgIpc) is 3.21. The molecule has 4 rings (SSSR count). The summed E-state index contributed by atoms with van der Waals surface area (Å²) >= 11 is 3.25. The highest BCUT2D eigenvalue weighted by Crippen LogP contribution is 2.34. The van der Waals surface area contributed by atoms with Crippen LogP contribution >= 0.6 is 23.1 Å². The topological polar surface area (TPSA) is 88.1 Å². The summed E-state index contributed by atoms with van der Waals surface area (Å²) in [4.78, 5) is 7.65. The second-order valence-electron chi connectivity index (χ2n) is 5.09. The molecule has 126 valence electrons. The van der Waals surface area contributed by atoms with Crippen LogP contribution in [0.2, 0.25) is 0 Å². The van der Waals surface area contributed by atoms with Crippen LogP contribution in [-0.4, -0.2) is 39.7 Å². The minimum atomic E-state index is 0.328. The molecule has 3 aromatic heterocycles. The number of anilines is 1. The predicted molar refractivity (Wildman–Crippen MR) is 103 cm³/mol. The summed E-state index contributed by atoms with van der Waals surface area (Å²) in [7, 11) is 1.65. The monoisotopic (exact) mass is 370 g/mol. The number of thioether (sulfide) groups is 1. The molecule has 0 bridgehead atoms. The third-order valence-electron chi connectivity index (χ3n) is 3.58. The number of fused-ring (bicyclic) bond motifs is 3. The van der Waals surface area contributed by atoms with Gasteiger partial charge in [0.05, 0.1) is 17.5 Å². The number of aromatic nitrogens is 4. The molecule has 0 atom stereocenters. The Balaban J connectivity index is 1.58. The Bertz CT molecular complexity index is 1070. The quantitative estimate of drug-likeness (QED) is 0.316. The van der Waals surface area contributed by atoms with Gasteiger partial charge in [0, 0.05) is 16.5 Å². The molecule has 25 heavy (non-hydrogen) atoms. The van der Waals surface area contributed by atoms with Gasteiger partial charge in [-0.05, 0) is 18.4 Å². The maximum atomic E-state index is 5.36. The lowest BCUT2D eigenvalue weighted by molar-refractivity contribution is 0.426. The highest BCUT2D eigenvalue weighted by atomic mass is 32.2. The number of benzene rings is 1. The number of H-pyrrole nitrogens is 1. The Morgan fingerprint density at radius 2 is 2.20 bits per heavy atom. The summed E-state index contributed by atoms with van der Waals surface area (Å²) in [5.41, 5.74) is 6.12. The van der Waals surface area contributed by atoms with E-state index in [2.05, 4.69) is 30.7 Å². The molecule has 0 spiro atoms. The molecule has 0 aliphatic heterocycles. The maximum absolute atomic E-state index is 5.36. The first kappa shape index (κ1) is 15.9. The number of hydrogen-bond donors (Lipinski definition) is 2. The summed E-state index contributed by atoms with van der Waals surface area (Å²) in [5.74, 6) is 0.328. The van der Waals surface area contributed by atoms with E-state index in [0.717, 1.165) is 31.3 Å². The van der Waals surface area contributed by atoms with Crippen molar-refractivity contribution in [3.05, 3.63) is 35.9 Å². The van der Waals surface area contributed by atoms with Crippen LogP contribution in [0.4, 0.5) is 5.95 Å². The van der Waals surface area contributed by atoms with Crippen molar-refractivity contribution in [2.45, 2.75) is 4.21 Å². The van der Waals surface area contributed by atoms with E-state index in [1.807, 2.05) is 36.6 Å². The van der Waals surface area contributed by atoms with Crippen LogP contribution in [0.1, 0.15) is 5.56 Å². The van der Waals surface area contributed by atoms with Gasteiger partial charge in [-0.15, -0.1) is 22.0 Å². The molecular formula is C16H14N6OS2. The first-order valence-electron chi connectivity index (χ1n) is 7.40. The van der Waals surface area contributed by atoms with Crippen molar-refractivity contribution in [1.82, 2.24) is 20.2 Å². The van der Waals surface area contributed by atoms with Crippen LogP contribution in [0.5, 0.6) is 5.06 Å². The minimum Gasteiger partial charge on any atom is -0.487 e. The molecule has 0 unspecified atom stereocenters. The second-order valence-corrected chi connectivity index (χ2v) is 7.21. The molecule has 0 fully saturated rings. The number of thiophene rings is 1. The molecule has 0 saturated heterocycles. The van der Waals surface area contributed by atoms with Gasteiger partial charge in [0.15, 0.2) is 10.7 Å². The Morgan fingerprint density at radius 1 is 1.32 bits per heavy atom. The highest BCUT2D eigenvalue weighted by molar-refractivity contribution is 8.00. The lowest BCUT2D eigenvalue weighted by atomic mass is 10.2. The Hall–Kier alpha value is -2.65. The first-order chi connectivity index (χ1) is 12.3. The summed E-state index contributed by atoms with van der Waals surface area (Å²) in [6, 6.07) is 9.92. The van der Waals surface area contributed by atoms with Crippen molar-refractivity contribution in [2.24, 2.45) is 5.10 Å². The number of nitrogens with zero attached hydrogens (tertiary/aromatic N) is 4. The maximum Gasteiger partial charge on any atom is 0.265 e. The number of hydrogen-bond acceptors (Lipinski definition) is 8. The van der Waals surface area contributed by atoms with Crippen molar-refractivity contribution in [1.29, 1.82) is 0 Å². The number of para-hydroxylation sites is 1. The number of ether oxygens (including phenoxy) is 1. The zero-order valence-corrected chi connectivity index (χ0v) is 15.1. The van der Waals surface area contributed by atoms with Gasteiger partial charge < -0.3 is 9.72 Å². The fraction of sp³-hybridized carbons (Fsp3) is 0.125. The van der Waals surface area contributed by atoms with Gasteiger partial charge in [0.25, 0.3) is 5.95 Å². The van der Waals surface area contributed by atoms with Crippen LogP contribution in [0.3, 0.4) is 0 Å². The summed E-state index contributed by atoms with van der Waals surface area (Å²) in [6.07, 6.45) is 3.72. The molecule has 0 amide bonds. The van der Waals surface area contributed by atoms with Crippen molar-refractivity contribution in [2.75, 3.05) is 18.8 Å². The fourth-order valence-electron chi connectivity index (χ4n) is 2.44. The standard InChI is InChI=1S/C16H14N6OS2/c1-23-15-9(7-12(24-2)25-15)8-17-21-16-19-14-13(20-22-16)10-5-3-4-6-11(10)18-14/h3-8H,1-2H3,(H2,18,19,21,22). The molecule has 1 aromatic carbocycles. The van der Waals surface area contributed by atoms with Crippen molar-refractivity contribution >= 4 is 57.3 Å². The van der Waals surface area contributed by atoms with E-state index in [9.17, 15) is 0 Å². The van der Waals surface area contributed by atoms with E-state index in [1.165, 1.54) is 0 Å². The largest absolute Gasteiger partial charge is 0.487 e. The lowest BCUT2D eigenvalue weighted by Gasteiger charge is -1.98. The van der Waals surface area contributed by atoms with Gasteiger partial charge in [-0.1, -0.05) is 29.5 Å². The van der Waals surface area contributed by atoms with Crippen LogP contribution in [-0.2, 0) is 0 Å². The number of aromatic amines is 1. The van der Waals surface area contributed by atoms with Gasteiger partial charge in [0.1, 0.15) is 5.52 Å². The van der Waals surface area contributed by atoms with E-state index >= 15 is 0 Å². The highest BCUT2D eigenvalue weighted by Gasteiger charge is 2.09. The molecule has 0 radical (unpaired) electrons. The van der Waals surface area contributed by atoms with Crippen molar-refractivity contribution in [3.8, 4) is 5.06 Å². The normalized spacial score (nSPS) is 11.6. The molecule has 2 N–H and O–H groups in total. The van der Waals surface area contributed by atoms with Crippen molar-refractivity contribution in [3.63, 3.8) is 0 Å². The Labute approximate surface area is 151 Å². The molecule has 4 aromatic rings. The van der Waals surface area contributed by atoms with Crippen LogP contribution in [0.25, 0.3) is 22.1 Å². The molecule has 0 aliphatic rings. The number of hydrazone groups is 1. The van der Waals surface area contributed by atoms with E-state index in [-0.39, 0.29) is 0 Å². The summed E-state index contributed by atoms with van der Waals surface area (Å²) in [5, 5.41) is 14.3. The molecule has 9 heteroatoms. The first-order valence-corrected chi connectivity index (χ1v) is 9.44. The molecule has 0 aliphatic carbocycles. The zero-order chi connectivity index (χ0) is 17.2. The minimum absolute atomic E-state index is 0.328. The molecular weight excluding hydrogens is 356 g/mol. The van der Waals surface area contributed by atoms with Gasteiger partial charge >= 0.3 is 0 Å². The van der Waals surface area contributed by atoms with Gasteiger partial charge in [-0.2, -0.15) is 10.1 Å². The fourth-order valence-corrected chi connectivity index (χ4v) is 3.93. The number of nitrogens with one attached hydrogen (secondary N) is 2. The molecule has 0 saturated carbocycles. The summed E-state index contributed by atoms with van der Waals surface area (Å²) < 4.78 is 6.52. The van der Waals surface area contributed by atoms with Gasteiger partial charge in [0.2, 0.25) is 0 Å². The SMILES string of the molecule is COc1sc(SC)cc1C=NNc1nnc2c(n1)[nH]c1ccccc12. The predicted octanol–water partition coefficient (Wildman–Crippen LogP) is 3.74.